The Morgan fingerprint density at radius 1 is 1.39 bits per heavy atom. The molecule has 154 valence electrons. The van der Waals surface area contributed by atoms with E-state index in [2.05, 4.69) is 5.32 Å². The van der Waals surface area contributed by atoms with E-state index in [0.29, 0.717) is 25.6 Å². The Hall–Kier alpha value is -1.32. The second kappa shape index (κ2) is 11.6. The summed E-state index contributed by atoms with van der Waals surface area (Å²) in [5, 5.41) is 3.52. The van der Waals surface area contributed by atoms with Crippen LogP contribution in [0.3, 0.4) is 0 Å². The molecule has 1 fully saturated rings. The van der Waals surface area contributed by atoms with Crippen LogP contribution < -0.4 is 5.32 Å². The molecule has 3 rings (SSSR count). The average Bonchev–Trinajstić information content (AvgIpc) is 3.34. The van der Waals surface area contributed by atoms with Gasteiger partial charge in [-0.1, -0.05) is 17.7 Å². The molecule has 1 aromatic heterocycles. The van der Waals surface area contributed by atoms with Crippen molar-refractivity contribution in [3.8, 4) is 0 Å². The molecule has 1 saturated heterocycles. The van der Waals surface area contributed by atoms with Crippen LogP contribution in [0.15, 0.2) is 46.0 Å². The van der Waals surface area contributed by atoms with Crippen molar-refractivity contribution in [2.45, 2.75) is 19.4 Å². The minimum Gasteiger partial charge on any atom is -0.469 e. The molecule has 1 atom stereocenters. The lowest BCUT2D eigenvalue weighted by atomic mass is 10.1. The molecule has 8 heteroatoms. The van der Waals surface area contributed by atoms with Crippen molar-refractivity contribution in [1.29, 1.82) is 0 Å². The first-order valence-corrected chi connectivity index (χ1v) is 9.53. The summed E-state index contributed by atoms with van der Waals surface area (Å²) in [5.74, 6) is 1.75. The van der Waals surface area contributed by atoms with E-state index in [0.717, 1.165) is 43.3 Å². The number of rotatable bonds is 7. The van der Waals surface area contributed by atoms with Crippen LogP contribution in [-0.4, -0.2) is 44.2 Å². The maximum absolute atomic E-state index is 13.7. The molecule has 0 spiro atoms. The maximum Gasteiger partial charge on any atom is 0.193 e. The number of nitrogens with one attached hydrogen (secondary N) is 1. The molecule has 0 saturated carbocycles. The number of hydrogen-bond donors (Lipinski definition) is 1. The number of nitrogens with zero attached hydrogens (tertiary/aromatic N) is 2. The number of hydrogen-bond acceptors (Lipinski definition) is 3. The fraction of sp³-hybridized carbons (Fsp3) is 0.450. The van der Waals surface area contributed by atoms with E-state index < -0.39 is 5.82 Å². The van der Waals surface area contributed by atoms with Crippen LogP contribution in [0.4, 0.5) is 4.39 Å². The molecular weight excluding hydrogens is 496 g/mol. The number of halogens is 3. The van der Waals surface area contributed by atoms with Crippen LogP contribution in [0.2, 0.25) is 5.02 Å². The molecule has 0 radical (unpaired) electrons. The van der Waals surface area contributed by atoms with Crippen molar-refractivity contribution in [2.24, 2.45) is 10.9 Å². The SMILES string of the molecule is CN(Cc1ccc(Cl)c(F)c1)C(=NCC1CCOC1)NCCc1ccco1.I. The summed E-state index contributed by atoms with van der Waals surface area (Å²) in [4.78, 5) is 6.75. The molecule has 1 N–H and O–H groups in total. The summed E-state index contributed by atoms with van der Waals surface area (Å²) in [5.41, 5.74) is 0.837. The topological polar surface area (TPSA) is 50.0 Å². The fourth-order valence-corrected chi connectivity index (χ4v) is 3.11. The zero-order chi connectivity index (χ0) is 19.1. The normalized spacial score (nSPS) is 16.7. The number of aliphatic imine (C=N–C) groups is 1. The van der Waals surface area contributed by atoms with Crippen molar-refractivity contribution in [2.75, 3.05) is 33.4 Å². The third-order valence-corrected chi connectivity index (χ3v) is 4.83. The molecule has 1 aliphatic heterocycles. The third-order valence-electron chi connectivity index (χ3n) is 4.52. The van der Waals surface area contributed by atoms with E-state index in [1.54, 1.807) is 12.3 Å². The van der Waals surface area contributed by atoms with Crippen LogP contribution >= 0.6 is 35.6 Å². The van der Waals surface area contributed by atoms with Gasteiger partial charge in [-0.05, 0) is 36.2 Å². The first-order chi connectivity index (χ1) is 13.1. The summed E-state index contributed by atoms with van der Waals surface area (Å²) in [6.45, 7) is 3.51. The van der Waals surface area contributed by atoms with Crippen molar-refractivity contribution < 1.29 is 13.5 Å². The predicted molar refractivity (Wildman–Crippen MR) is 120 cm³/mol. The number of ether oxygens (including phenoxy) is 1. The van der Waals surface area contributed by atoms with Crippen molar-refractivity contribution in [3.63, 3.8) is 0 Å². The summed E-state index contributed by atoms with van der Waals surface area (Å²) in [7, 11) is 1.94. The first kappa shape index (κ1) is 23.0. The average molecular weight is 522 g/mol. The van der Waals surface area contributed by atoms with E-state index >= 15 is 0 Å². The summed E-state index contributed by atoms with van der Waals surface area (Å²) < 4.78 is 24.5. The quantitative estimate of drug-likeness (QED) is 0.334. The van der Waals surface area contributed by atoms with Gasteiger partial charge in [0.1, 0.15) is 11.6 Å². The van der Waals surface area contributed by atoms with E-state index in [-0.39, 0.29) is 29.0 Å². The second-order valence-electron chi connectivity index (χ2n) is 6.75. The van der Waals surface area contributed by atoms with Gasteiger partial charge in [-0.3, -0.25) is 4.99 Å². The fourth-order valence-electron chi connectivity index (χ4n) is 2.99. The summed E-state index contributed by atoms with van der Waals surface area (Å²) in [6.07, 6.45) is 3.48. The third kappa shape index (κ3) is 6.93. The number of benzene rings is 1. The van der Waals surface area contributed by atoms with Gasteiger partial charge in [0.25, 0.3) is 0 Å². The molecule has 28 heavy (non-hydrogen) atoms. The van der Waals surface area contributed by atoms with Gasteiger partial charge in [0, 0.05) is 45.6 Å². The van der Waals surface area contributed by atoms with E-state index in [4.69, 9.17) is 25.7 Å². The molecule has 1 aliphatic rings. The molecule has 0 aliphatic carbocycles. The Bertz CT molecular complexity index is 752. The lowest BCUT2D eigenvalue weighted by Gasteiger charge is -2.23. The summed E-state index contributed by atoms with van der Waals surface area (Å²) in [6, 6.07) is 8.70. The molecular formula is C20H26ClFIN3O2. The highest BCUT2D eigenvalue weighted by atomic mass is 127. The molecule has 1 aromatic carbocycles. The first-order valence-electron chi connectivity index (χ1n) is 9.15. The van der Waals surface area contributed by atoms with Gasteiger partial charge in [0.2, 0.25) is 0 Å². The Morgan fingerprint density at radius 3 is 2.93 bits per heavy atom. The van der Waals surface area contributed by atoms with Crippen molar-refractivity contribution >= 4 is 41.5 Å². The molecule has 0 bridgehead atoms. The van der Waals surface area contributed by atoms with Crippen LogP contribution in [0.1, 0.15) is 17.7 Å². The minimum absolute atomic E-state index is 0. The highest BCUT2D eigenvalue weighted by Gasteiger charge is 2.16. The molecule has 2 aromatic rings. The van der Waals surface area contributed by atoms with Crippen LogP contribution in [0, 0.1) is 11.7 Å². The van der Waals surface area contributed by atoms with E-state index in [9.17, 15) is 4.39 Å². The van der Waals surface area contributed by atoms with Crippen LogP contribution in [-0.2, 0) is 17.7 Å². The maximum atomic E-state index is 13.7. The largest absolute Gasteiger partial charge is 0.469 e. The van der Waals surface area contributed by atoms with E-state index in [1.165, 1.54) is 6.07 Å². The lowest BCUT2D eigenvalue weighted by molar-refractivity contribution is 0.187. The van der Waals surface area contributed by atoms with Crippen LogP contribution in [0.5, 0.6) is 0 Å². The lowest BCUT2D eigenvalue weighted by Crippen LogP contribution is -2.40. The highest BCUT2D eigenvalue weighted by Crippen LogP contribution is 2.17. The van der Waals surface area contributed by atoms with Gasteiger partial charge in [-0.15, -0.1) is 24.0 Å². The second-order valence-corrected chi connectivity index (χ2v) is 7.16. The van der Waals surface area contributed by atoms with Gasteiger partial charge < -0.3 is 19.4 Å². The number of guanidine groups is 1. The highest BCUT2D eigenvalue weighted by molar-refractivity contribution is 14.0. The Labute approximate surface area is 187 Å². The monoisotopic (exact) mass is 521 g/mol. The summed E-state index contributed by atoms with van der Waals surface area (Å²) >= 11 is 5.77. The Kier molecular flexibility index (Phi) is 9.53. The van der Waals surface area contributed by atoms with Gasteiger partial charge >= 0.3 is 0 Å². The molecule has 1 unspecified atom stereocenters. The Morgan fingerprint density at radius 2 is 2.25 bits per heavy atom. The van der Waals surface area contributed by atoms with Gasteiger partial charge in [-0.2, -0.15) is 0 Å². The van der Waals surface area contributed by atoms with Gasteiger partial charge in [0.05, 0.1) is 17.9 Å². The molecule has 0 amide bonds. The Balaban J connectivity index is 0.00000280. The van der Waals surface area contributed by atoms with Crippen molar-refractivity contribution in [3.05, 3.63) is 58.8 Å². The zero-order valence-corrected chi connectivity index (χ0v) is 19.0. The van der Waals surface area contributed by atoms with Gasteiger partial charge in [0.15, 0.2) is 5.96 Å². The predicted octanol–water partition coefficient (Wildman–Crippen LogP) is 4.35. The van der Waals surface area contributed by atoms with Crippen LogP contribution in [0.25, 0.3) is 0 Å². The molecule has 2 heterocycles. The van der Waals surface area contributed by atoms with Gasteiger partial charge in [-0.25, -0.2) is 4.39 Å². The van der Waals surface area contributed by atoms with E-state index in [1.807, 2.05) is 30.1 Å². The standard InChI is InChI=1S/C20H25ClFN3O2.HI/c1-25(13-15-4-5-18(21)19(22)11-15)20(24-12-16-7-10-26-14-16)23-8-6-17-3-2-9-27-17;/h2-5,9,11,16H,6-8,10,12-14H2,1H3,(H,23,24);1H. The number of furan rings is 1. The van der Waals surface area contributed by atoms with Crippen molar-refractivity contribution in [1.82, 2.24) is 10.2 Å². The zero-order valence-electron chi connectivity index (χ0n) is 15.9. The minimum atomic E-state index is -0.407. The smallest absolute Gasteiger partial charge is 0.193 e. The molecule has 5 nitrogen and oxygen atoms in total.